The van der Waals surface area contributed by atoms with Crippen LogP contribution in [0, 0.1) is 16.0 Å². The van der Waals surface area contributed by atoms with Gasteiger partial charge in [-0.05, 0) is 42.9 Å². The number of thiophene rings is 1. The zero-order valence-electron chi connectivity index (χ0n) is 19.5. The van der Waals surface area contributed by atoms with Crippen LogP contribution in [0.1, 0.15) is 29.6 Å². The molecule has 1 N–H and O–H groups in total. The summed E-state index contributed by atoms with van der Waals surface area (Å²) >= 11 is 1.60. The molecule has 1 aromatic carbocycles. The molecule has 0 radical (unpaired) electrons. The first kappa shape index (κ1) is 23.6. The van der Waals surface area contributed by atoms with Crippen molar-refractivity contribution in [3.63, 3.8) is 0 Å². The van der Waals surface area contributed by atoms with E-state index in [-0.39, 0.29) is 23.7 Å². The van der Waals surface area contributed by atoms with E-state index in [0.29, 0.717) is 42.6 Å². The largest absolute Gasteiger partial charge is 0.379 e. The second-order valence-corrected chi connectivity index (χ2v) is 10.3. The lowest BCUT2D eigenvalue weighted by molar-refractivity contribution is -0.384. The van der Waals surface area contributed by atoms with Crippen LogP contribution in [0.2, 0.25) is 0 Å². The summed E-state index contributed by atoms with van der Waals surface area (Å²) in [7, 11) is 0. The minimum Gasteiger partial charge on any atom is -0.379 e. The predicted octanol–water partition coefficient (Wildman–Crippen LogP) is 2.96. The maximum Gasteiger partial charge on any atom is 0.269 e. The van der Waals surface area contributed by atoms with Gasteiger partial charge in [0.05, 0.1) is 30.1 Å². The summed E-state index contributed by atoms with van der Waals surface area (Å²) in [6, 6.07) is 5.62. The van der Waals surface area contributed by atoms with Crippen LogP contribution in [0.15, 0.2) is 29.1 Å². The number of aryl methyl sites for hydroxylation is 1. The first-order valence-electron chi connectivity index (χ1n) is 11.8. The third-order valence-electron chi connectivity index (χ3n) is 6.63. The highest BCUT2D eigenvalue weighted by Gasteiger charge is 2.26. The molecule has 1 amide bonds. The van der Waals surface area contributed by atoms with E-state index in [4.69, 9.17) is 9.72 Å². The summed E-state index contributed by atoms with van der Waals surface area (Å²) in [6.45, 7) is 5.22. The number of carbonyl (C=O) groups excluding carboxylic acids is 1. The van der Waals surface area contributed by atoms with Crippen molar-refractivity contribution in [1.82, 2.24) is 14.5 Å². The number of anilines is 1. The van der Waals surface area contributed by atoms with E-state index < -0.39 is 4.92 Å². The number of benzene rings is 1. The summed E-state index contributed by atoms with van der Waals surface area (Å²) in [5.74, 6) is 0.760. The number of nitro benzene ring substituents is 1. The van der Waals surface area contributed by atoms with Crippen molar-refractivity contribution in [2.24, 2.45) is 5.92 Å². The van der Waals surface area contributed by atoms with Crippen LogP contribution in [0.3, 0.4) is 0 Å². The van der Waals surface area contributed by atoms with E-state index in [0.717, 1.165) is 42.7 Å². The molecule has 10 nitrogen and oxygen atoms in total. The fourth-order valence-corrected chi connectivity index (χ4v) is 6.11. The zero-order chi connectivity index (χ0) is 24.5. The molecular formula is C24H27N5O5S. The summed E-state index contributed by atoms with van der Waals surface area (Å²) < 4.78 is 6.94. The number of nitrogens with one attached hydrogen (secondary N) is 1. The number of fused-ring (bicyclic) bond motifs is 3. The molecular weight excluding hydrogens is 470 g/mol. The highest BCUT2D eigenvalue weighted by molar-refractivity contribution is 7.18. The standard InChI is InChI=1S/C24H27N5O5S/c1-15-2-7-18-19(12-15)35-23-22(18)24(31)28(20(26-23)13-27-8-10-34-11-9-27)14-21(30)25-16-3-5-17(6-4-16)29(32)33/h3-6,15H,2,7-14H2,1H3,(H,25,30)/t15-/m0/s1. The number of carbonyl (C=O) groups is 1. The van der Waals surface area contributed by atoms with E-state index >= 15 is 0 Å². The fourth-order valence-electron chi connectivity index (χ4n) is 4.72. The van der Waals surface area contributed by atoms with Gasteiger partial charge in [-0.3, -0.25) is 29.2 Å². The van der Waals surface area contributed by atoms with E-state index in [2.05, 4.69) is 17.1 Å². The van der Waals surface area contributed by atoms with Gasteiger partial charge in [0.15, 0.2) is 0 Å². The summed E-state index contributed by atoms with van der Waals surface area (Å²) in [5.41, 5.74) is 1.28. The molecule has 1 aliphatic carbocycles. The Morgan fingerprint density at radius 2 is 2.03 bits per heavy atom. The van der Waals surface area contributed by atoms with Crippen molar-refractivity contribution < 1.29 is 14.5 Å². The number of nitro groups is 1. The summed E-state index contributed by atoms with van der Waals surface area (Å²) in [6.07, 6.45) is 2.84. The maximum absolute atomic E-state index is 13.7. The molecule has 2 aliphatic rings. The molecule has 3 aromatic rings. The topological polar surface area (TPSA) is 120 Å². The van der Waals surface area contributed by atoms with E-state index in [1.165, 1.54) is 33.7 Å². The van der Waals surface area contributed by atoms with Crippen molar-refractivity contribution in [2.45, 2.75) is 39.3 Å². The van der Waals surface area contributed by atoms with Gasteiger partial charge in [-0.2, -0.15) is 0 Å². The van der Waals surface area contributed by atoms with Gasteiger partial charge in [-0.15, -0.1) is 11.3 Å². The van der Waals surface area contributed by atoms with Gasteiger partial charge in [-0.25, -0.2) is 4.98 Å². The number of hydrogen-bond donors (Lipinski definition) is 1. The molecule has 3 heterocycles. The molecule has 1 saturated heterocycles. The number of morpholine rings is 1. The number of amides is 1. The lowest BCUT2D eigenvalue weighted by Gasteiger charge is -2.27. The van der Waals surface area contributed by atoms with Gasteiger partial charge < -0.3 is 10.1 Å². The zero-order valence-corrected chi connectivity index (χ0v) is 20.3. The summed E-state index contributed by atoms with van der Waals surface area (Å²) in [5, 5.41) is 14.3. The molecule has 0 saturated carbocycles. The van der Waals surface area contributed by atoms with Gasteiger partial charge in [0.25, 0.3) is 11.2 Å². The summed E-state index contributed by atoms with van der Waals surface area (Å²) in [4.78, 5) is 46.1. The van der Waals surface area contributed by atoms with Crippen molar-refractivity contribution in [1.29, 1.82) is 0 Å². The smallest absolute Gasteiger partial charge is 0.269 e. The molecule has 11 heteroatoms. The molecule has 1 atom stereocenters. The third-order valence-corrected chi connectivity index (χ3v) is 7.77. The van der Waals surface area contributed by atoms with Gasteiger partial charge in [0.1, 0.15) is 17.2 Å². The van der Waals surface area contributed by atoms with Crippen LogP contribution >= 0.6 is 11.3 Å². The second kappa shape index (κ2) is 9.84. The van der Waals surface area contributed by atoms with Crippen molar-refractivity contribution in [3.05, 3.63) is 61.0 Å². The Hall–Kier alpha value is -3.15. The fraction of sp³-hybridized carbons (Fsp3) is 0.458. The van der Waals surface area contributed by atoms with Crippen LogP contribution in [0.25, 0.3) is 10.2 Å². The Morgan fingerprint density at radius 1 is 1.29 bits per heavy atom. The molecule has 5 rings (SSSR count). The average Bonchev–Trinajstić information content (AvgIpc) is 3.20. The van der Waals surface area contributed by atoms with Crippen LogP contribution in [-0.4, -0.2) is 51.6 Å². The van der Waals surface area contributed by atoms with Gasteiger partial charge in [0.2, 0.25) is 5.91 Å². The van der Waals surface area contributed by atoms with Crippen molar-refractivity contribution in [2.75, 3.05) is 31.6 Å². The second-order valence-electron chi connectivity index (χ2n) is 9.19. The molecule has 0 unspecified atom stereocenters. The highest BCUT2D eigenvalue weighted by Crippen LogP contribution is 2.36. The Morgan fingerprint density at radius 3 is 2.74 bits per heavy atom. The van der Waals surface area contributed by atoms with Crippen LogP contribution in [0.5, 0.6) is 0 Å². The molecule has 184 valence electrons. The SMILES string of the molecule is C[C@H]1CCc2c(sc3nc(CN4CCOCC4)n(CC(=O)Nc4ccc([N+](=O)[O-])cc4)c(=O)c23)C1. The van der Waals surface area contributed by atoms with Crippen LogP contribution in [0.4, 0.5) is 11.4 Å². The van der Waals surface area contributed by atoms with Gasteiger partial charge in [-0.1, -0.05) is 6.92 Å². The predicted molar refractivity (Wildman–Crippen MR) is 133 cm³/mol. The number of aromatic nitrogens is 2. The lowest BCUT2D eigenvalue weighted by atomic mass is 9.89. The number of non-ortho nitro benzene ring substituents is 1. The maximum atomic E-state index is 13.7. The quantitative estimate of drug-likeness (QED) is 0.411. The minimum absolute atomic E-state index is 0.0572. The Balaban J connectivity index is 1.48. The lowest BCUT2D eigenvalue weighted by Crippen LogP contribution is -2.39. The van der Waals surface area contributed by atoms with Gasteiger partial charge in [0, 0.05) is 35.8 Å². The van der Waals surface area contributed by atoms with E-state index in [9.17, 15) is 19.7 Å². The Bertz CT molecular complexity index is 1330. The molecule has 35 heavy (non-hydrogen) atoms. The van der Waals surface area contributed by atoms with Crippen LogP contribution in [-0.2, 0) is 35.5 Å². The number of hydrogen-bond acceptors (Lipinski definition) is 8. The molecule has 0 bridgehead atoms. The van der Waals surface area contributed by atoms with E-state index in [1.807, 2.05) is 0 Å². The number of ether oxygens (including phenoxy) is 1. The van der Waals surface area contributed by atoms with Crippen molar-refractivity contribution >= 4 is 38.8 Å². The van der Waals surface area contributed by atoms with Crippen molar-refractivity contribution in [3.8, 4) is 0 Å². The monoisotopic (exact) mass is 497 g/mol. The molecule has 0 spiro atoms. The average molecular weight is 498 g/mol. The first-order chi connectivity index (χ1) is 16.9. The highest BCUT2D eigenvalue weighted by atomic mass is 32.1. The molecule has 2 aromatic heterocycles. The number of nitrogens with zero attached hydrogens (tertiary/aromatic N) is 4. The first-order valence-corrected chi connectivity index (χ1v) is 12.6. The number of rotatable bonds is 6. The third kappa shape index (κ3) is 4.97. The van der Waals surface area contributed by atoms with Crippen LogP contribution < -0.4 is 10.9 Å². The minimum atomic E-state index is -0.494. The van der Waals surface area contributed by atoms with E-state index in [1.54, 1.807) is 11.3 Å². The molecule has 1 aliphatic heterocycles. The molecule has 1 fully saturated rings. The van der Waals surface area contributed by atoms with Gasteiger partial charge >= 0.3 is 0 Å². The Kier molecular flexibility index (Phi) is 6.63. The Labute approximate surface area is 205 Å². The normalized spacial score (nSPS) is 18.4.